The molecule has 5 rings (SSSR count). The normalized spacial score (nSPS) is 52.6. The molecule has 2 nitrogen and oxygen atoms in total. The summed E-state index contributed by atoms with van der Waals surface area (Å²) < 4.78 is 0. The molecule has 108 valence electrons. The Morgan fingerprint density at radius 2 is 1.47 bits per heavy atom. The molecule has 5 fully saturated rings. The van der Waals surface area contributed by atoms with E-state index >= 15 is 0 Å². The standard InChI is InChI=1S/C17H30N2/c1-16(2)11-19(3)15(10-18-16)17-7-12-4-13(8-17)6-14(5-12)9-17/h12-15,18H,4-11H2,1-3H3. The Hall–Kier alpha value is -0.0800. The minimum atomic E-state index is 0.299. The molecule has 0 aromatic rings. The van der Waals surface area contributed by atoms with Gasteiger partial charge in [0.25, 0.3) is 0 Å². The molecule has 1 heterocycles. The summed E-state index contributed by atoms with van der Waals surface area (Å²) in [6.45, 7) is 7.12. The minimum absolute atomic E-state index is 0.299. The molecule has 19 heavy (non-hydrogen) atoms. The van der Waals surface area contributed by atoms with Gasteiger partial charge < -0.3 is 5.32 Å². The Balaban J connectivity index is 1.58. The molecule has 0 radical (unpaired) electrons. The molecule has 1 aliphatic heterocycles. The molecule has 4 saturated carbocycles. The van der Waals surface area contributed by atoms with Crippen molar-refractivity contribution in [1.82, 2.24) is 10.2 Å². The van der Waals surface area contributed by atoms with Crippen molar-refractivity contribution < 1.29 is 0 Å². The van der Waals surface area contributed by atoms with Crippen molar-refractivity contribution in [3.05, 3.63) is 0 Å². The zero-order chi connectivity index (χ0) is 13.3. The maximum absolute atomic E-state index is 3.82. The second-order valence-electron chi connectivity index (χ2n) is 8.98. The molecule has 2 heteroatoms. The summed E-state index contributed by atoms with van der Waals surface area (Å²) in [5.74, 6) is 3.23. The highest BCUT2D eigenvalue weighted by Crippen LogP contribution is 2.62. The molecule has 1 saturated heterocycles. The second-order valence-corrected chi connectivity index (χ2v) is 8.98. The van der Waals surface area contributed by atoms with E-state index in [1.54, 1.807) is 19.3 Å². The van der Waals surface area contributed by atoms with E-state index in [2.05, 4.69) is 31.1 Å². The largest absolute Gasteiger partial charge is 0.309 e. The van der Waals surface area contributed by atoms with E-state index in [1.807, 2.05) is 0 Å². The predicted octanol–water partition coefficient (Wildman–Crippen LogP) is 2.89. The number of likely N-dealkylation sites (N-methyl/N-ethyl adjacent to an activating group) is 1. The quantitative estimate of drug-likeness (QED) is 0.782. The Kier molecular flexibility index (Phi) is 2.65. The Morgan fingerprint density at radius 3 is 1.95 bits per heavy atom. The highest BCUT2D eigenvalue weighted by Gasteiger charge is 2.55. The summed E-state index contributed by atoms with van der Waals surface area (Å²) in [5.41, 5.74) is 0.973. The average Bonchev–Trinajstić information content (AvgIpc) is 2.24. The highest BCUT2D eigenvalue weighted by atomic mass is 15.2. The molecule has 4 aliphatic carbocycles. The van der Waals surface area contributed by atoms with Crippen molar-refractivity contribution in [2.24, 2.45) is 23.2 Å². The van der Waals surface area contributed by atoms with E-state index in [0.29, 0.717) is 11.0 Å². The number of hydrogen-bond donors (Lipinski definition) is 1. The van der Waals surface area contributed by atoms with Crippen LogP contribution in [0, 0.1) is 23.2 Å². The third-order valence-electron chi connectivity index (χ3n) is 6.74. The van der Waals surface area contributed by atoms with Gasteiger partial charge in [-0.3, -0.25) is 4.90 Å². The number of hydrogen-bond acceptors (Lipinski definition) is 2. The van der Waals surface area contributed by atoms with Crippen LogP contribution < -0.4 is 5.32 Å². The average molecular weight is 262 g/mol. The third-order valence-corrected chi connectivity index (χ3v) is 6.74. The smallest absolute Gasteiger partial charge is 0.0275 e. The monoisotopic (exact) mass is 262 g/mol. The van der Waals surface area contributed by atoms with E-state index in [9.17, 15) is 0 Å². The zero-order valence-corrected chi connectivity index (χ0v) is 12.9. The lowest BCUT2D eigenvalue weighted by molar-refractivity contribution is -0.108. The van der Waals surface area contributed by atoms with E-state index in [0.717, 1.165) is 23.8 Å². The fourth-order valence-corrected chi connectivity index (χ4v) is 6.59. The van der Waals surface area contributed by atoms with E-state index in [4.69, 9.17) is 0 Å². The van der Waals surface area contributed by atoms with Gasteiger partial charge in [-0.1, -0.05) is 0 Å². The van der Waals surface area contributed by atoms with Gasteiger partial charge in [-0.2, -0.15) is 0 Å². The maximum Gasteiger partial charge on any atom is 0.0275 e. The molecule has 0 aromatic carbocycles. The first-order valence-corrected chi connectivity index (χ1v) is 8.41. The van der Waals surface area contributed by atoms with Crippen LogP contribution in [0.25, 0.3) is 0 Å². The summed E-state index contributed by atoms with van der Waals surface area (Å²) in [7, 11) is 2.38. The molecule has 0 aromatic heterocycles. The number of nitrogens with zero attached hydrogens (tertiary/aromatic N) is 1. The number of rotatable bonds is 1. The van der Waals surface area contributed by atoms with Gasteiger partial charge in [-0.25, -0.2) is 0 Å². The van der Waals surface area contributed by atoms with Crippen LogP contribution in [-0.2, 0) is 0 Å². The molecular formula is C17H30N2. The summed E-state index contributed by atoms with van der Waals surface area (Å²) in [5, 5.41) is 3.82. The first-order valence-electron chi connectivity index (χ1n) is 8.41. The Bertz CT molecular complexity index is 338. The van der Waals surface area contributed by atoms with E-state index in [-0.39, 0.29) is 0 Å². The van der Waals surface area contributed by atoms with Crippen LogP contribution in [0.5, 0.6) is 0 Å². The maximum atomic E-state index is 3.82. The fraction of sp³-hybridized carbons (Fsp3) is 1.00. The van der Waals surface area contributed by atoms with Crippen LogP contribution >= 0.6 is 0 Å². The summed E-state index contributed by atoms with van der Waals surface area (Å²) in [4.78, 5) is 2.70. The first-order chi connectivity index (χ1) is 8.96. The summed E-state index contributed by atoms with van der Waals surface area (Å²) in [6.07, 6.45) is 9.31. The van der Waals surface area contributed by atoms with Gasteiger partial charge in [0.15, 0.2) is 0 Å². The fourth-order valence-electron chi connectivity index (χ4n) is 6.59. The van der Waals surface area contributed by atoms with Crippen molar-refractivity contribution in [2.75, 3.05) is 20.1 Å². The van der Waals surface area contributed by atoms with Crippen LogP contribution in [-0.4, -0.2) is 36.6 Å². The zero-order valence-electron chi connectivity index (χ0n) is 12.9. The Labute approximate surface area is 118 Å². The topological polar surface area (TPSA) is 15.3 Å². The van der Waals surface area contributed by atoms with Gasteiger partial charge in [0, 0.05) is 24.7 Å². The van der Waals surface area contributed by atoms with E-state index in [1.165, 1.54) is 32.4 Å². The Morgan fingerprint density at radius 1 is 0.947 bits per heavy atom. The van der Waals surface area contributed by atoms with Crippen molar-refractivity contribution in [1.29, 1.82) is 0 Å². The molecule has 1 atom stereocenters. The van der Waals surface area contributed by atoms with Crippen LogP contribution in [0.3, 0.4) is 0 Å². The van der Waals surface area contributed by atoms with Crippen molar-refractivity contribution >= 4 is 0 Å². The van der Waals surface area contributed by atoms with Crippen LogP contribution in [0.4, 0.5) is 0 Å². The molecule has 0 amide bonds. The third kappa shape index (κ3) is 1.98. The highest BCUT2D eigenvalue weighted by molar-refractivity contribution is 5.09. The van der Waals surface area contributed by atoms with Gasteiger partial charge in [-0.05, 0) is 82.6 Å². The number of nitrogens with one attached hydrogen (secondary N) is 1. The second kappa shape index (κ2) is 3.98. The molecule has 0 spiro atoms. The van der Waals surface area contributed by atoms with Crippen molar-refractivity contribution in [2.45, 2.75) is 64.0 Å². The van der Waals surface area contributed by atoms with Gasteiger partial charge in [0.1, 0.15) is 0 Å². The van der Waals surface area contributed by atoms with Gasteiger partial charge in [-0.15, -0.1) is 0 Å². The van der Waals surface area contributed by atoms with Gasteiger partial charge >= 0.3 is 0 Å². The first kappa shape index (κ1) is 12.6. The molecular weight excluding hydrogens is 232 g/mol. The lowest BCUT2D eigenvalue weighted by Crippen LogP contribution is -2.67. The summed E-state index contributed by atoms with van der Waals surface area (Å²) >= 11 is 0. The molecule has 4 bridgehead atoms. The molecule has 1 unspecified atom stereocenters. The van der Waals surface area contributed by atoms with Gasteiger partial charge in [0.2, 0.25) is 0 Å². The van der Waals surface area contributed by atoms with Crippen molar-refractivity contribution in [3.63, 3.8) is 0 Å². The lowest BCUT2D eigenvalue weighted by atomic mass is 9.47. The minimum Gasteiger partial charge on any atom is -0.309 e. The van der Waals surface area contributed by atoms with Crippen molar-refractivity contribution in [3.8, 4) is 0 Å². The number of piperazine rings is 1. The lowest BCUT2D eigenvalue weighted by Gasteiger charge is -2.62. The van der Waals surface area contributed by atoms with E-state index < -0.39 is 0 Å². The SMILES string of the molecule is CN1CC(C)(C)NCC1C12CC3CC(CC(C3)C1)C2. The van der Waals surface area contributed by atoms with Crippen LogP contribution in [0.15, 0.2) is 0 Å². The van der Waals surface area contributed by atoms with Crippen LogP contribution in [0.1, 0.15) is 52.4 Å². The molecule has 5 aliphatic rings. The predicted molar refractivity (Wildman–Crippen MR) is 79.1 cm³/mol. The van der Waals surface area contributed by atoms with Gasteiger partial charge in [0.05, 0.1) is 0 Å². The summed E-state index contributed by atoms with van der Waals surface area (Å²) in [6, 6.07) is 0.800. The van der Waals surface area contributed by atoms with Crippen LogP contribution in [0.2, 0.25) is 0 Å². The molecule has 1 N–H and O–H groups in total.